The third-order valence-electron chi connectivity index (χ3n) is 2.94. The first-order chi connectivity index (χ1) is 9.70. The van der Waals surface area contributed by atoms with E-state index in [1.165, 1.54) is 12.1 Å². The molecule has 0 radical (unpaired) electrons. The maximum absolute atomic E-state index is 10.7. The van der Waals surface area contributed by atoms with E-state index in [2.05, 4.69) is 10.3 Å². The van der Waals surface area contributed by atoms with Crippen molar-refractivity contribution in [2.45, 2.75) is 25.7 Å². The van der Waals surface area contributed by atoms with Crippen LogP contribution in [-0.2, 0) is 0 Å². The van der Waals surface area contributed by atoms with Gasteiger partial charge in [-0.05, 0) is 18.9 Å². The van der Waals surface area contributed by atoms with E-state index in [1.807, 2.05) is 0 Å². The van der Waals surface area contributed by atoms with Crippen molar-refractivity contribution >= 4 is 22.8 Å². The second kappa shape index (κ2) is 6.85. The molecule has 20 heavy (non-hydrogen) atoms. The lowest BCUT2D eigenvalue weighted by molar-refractivity contribution is -0.384. The zero-order chi connectivity index (χ0) is 14.4. The number of non-ortho nitro benzene ring substituents is 1. The second-order valence-corrected chi connectivity index (χ2v) is 4.49. The highest BCUT2D eigenvalue weighted by atomic mass is 16.6. The number of nitrogens with one attached hydrogen (secondary N) is 1. The average Bonchev–Trinajstić information content (AvgIpc) is 2.84. The van der Waals surface area contributed by atoms with Crippen LogP contribution < -0.4 is 5.32 Å². The van der Waals surface area contributed by atoms with Gasteiger partial charge in [-0.25, -0.2) is 0 Å². The van der Waals surface area contributed by atoms with Crippen molar-refractivity contribution in [2.24, 2.45) is 0 Å². The summed E-state index contributed by atoms with van der Waals surface area (Å²) in [5.74, 6) is 0. The molecule has 0 atom stereocenters. The highest BCUT2D eigenvalue weighted by molar-refractivity contribution is 5.77. The molecule has 1 aromatic heterocycles. The number of hydrogen-bond donors (Lipinski definition) is 2. The molecule has 0 aliphatic heterocycles. The first-order valence-electron chi connectivity index (χ1n) is 6.60. The minimum absolute atomic E-state index is 0.01000. The summed E-state index contributed by atoms with van der Waals surface area (Å²) in [5.41, 5.74) is 0.990. The van der Waals surface area contributed by atoms with Gasteiger partial charge in [-0.15, -0.1) is 0 Å². The zero-order valence-electron chi connectivity index (χ0n) is 11.0. The van der Waals surface area contributed by atoms with Crippen molar-refractivity contribution in [3.63, 3.8) is 0 Å². The zero-order valence-corrected chi connectivity index (χ0v) is 11.0. The van der Waals surface area contributed by atoms with E-state index in [-0.39, 0.29) is 12.3 Å². The first-order valence-corrected chi connectivity index (χ1v) is 6.60. The van der Waals surface area contributed by atoms with Gasteiger partial charge in [0.25, 0.3) is 11.7 Å². The van der Waals surface area contributed by atoms with E-state index in [9.17, 15) is 10.1 Å². The lowest BCUT2D eigenvalue weighted by atomic mass is 10.2. The molecule has 108 valence electrons. The Labute approximate surface area is 115 Å². The molecule has 0 amide bonds. The van der Waals surface area contributed by atoms with Gasteiger partial charge in [-0.1, -0.05) is 12.8 Å². The molecule has 7 heteroatoms. The Morgan fingerprint density at radius 3 is 2.85 bits per heavy atom. The van der Waals surface area contributed by atoms with Crippen molar-refractivity contribution in [3.05, 3.63) is 28.3 Å². The lowest BCUT2D eigenvalue weighted by Crippen LogP contribution is -2.01. The smallest absolute Gasteiger partial charge is 0.295 e. The predicted octanol–water partition coefficient (Wildman–Crippen LogP) is 2.70. The summed E-state index contributed by atoms with van der Waals surface area (Å²) >= 11 is 0. The van der Waals surface area contributed by atoms with Crippen LogP contribution >= 0.6 is 0 Å². The van der Waals surface area contributed by atoms with Crippen molar-refractivity contribution < 1.29 is 14.4 Å². The summed E-state index contributed by atoms with van der Waals surface area (Å²) in [6.07, 6.45) is 3.81. The number of nitro benzene ring substituents is 1. The monoisotopic (exact) mass is 279 g/mol. The average molecular weight is 279 g/mol. The number of nitrogens with zero attached hydrogens (tertiary/aromatic N) is 2. The number of oxazole rings is 1. The number of anilines is 1. The van der Waals surface area contributed by atoms with E-state index in [0.717, 1.165) is 32.2 Å². The number of aromatic nitrogens is 1. The fourth-order valence-corrected chi connectivity index (χ4v) is 1.89. The fourth-order valence-electron chi connectivity index (χ4n) is 1.89. The largest absolute Gasteiger partial charge is 0.423 e. The van der Waals surface area contributed by atoms with E-state index >= 15 is 0 Å². The summed E-state index contributed by atoms with van der Waals surface area (Å²) in [6, 6.07) is 4.73. The maximum Gasteiger partial charge on any atom is 0.295 e. The van der Waals surface area contributed by atoms with Crippen LogP contribution in [0.1, 0.15) is 25.7 Å². The standard InChI is InChI=1S/C13H17N3O4/c17-8-4-2-1-3-7-14-13-15-11-6-5-10(16(18)19)9-12(11)20-13/h5-6,9,17H,1-4,7-8H2,(H,14,15). The second-order valence-electron chi connectivity index (χ2n) is 4.49. The number of hydrogen-bond acceptors (Lipinski definition) is 6. The summed E-state index contributed by atoms with van der Waals surface area (Å²) in [4.78, 5) is 14.4. The third kappa shape index (κ3) is 3.67. The van der Waals surface area contributed by atoms with Gasteiger partial charge in [0.05, 0.1) is 11.0 Å². The molecule has 0 aliphatic rings. The van der Waals surface area contributed by atoms with Crippen LogP contribution in [0.2, 0.25) is 0 Å². The van der Waals surface area contributed by atoms with E-state index in [1.54, 1.807) is 6.07 Å². The maximum atomic E-state index is 10.7. The number of unbranched alkanes of at least 4 members (excludes halogenated alkanes) is 3. The molecule has 2 N–H and O–H groups in total. The molecule has 0 bridgehead atoms. The number of benzene rings is 1. The molecular weight excluding hydrogens is 262 g/mol. The Hall–Kier alpha value is -2.15. The highest BCUT2D eigenvalue weighted by Gasteiger charge is 2.11. The van der Waals surface area contributed by atoms with E-state index in [0.29, 0.717) is 17.1 Å². The molecule has 7 nitrogen and oxygen atoms in total. The molecule has 2 rings (SSSR count). The quantitative estimate of drug-likeness (QED) is 0.437. The molecule has 0 saturated carbocycles. The van der Waals surface area contributed by atoms with Gasteiger partial charge < -0.3 is 14.8 Å². The van der Waals surface area contributed by atoms with Crippen LogP contribution in [0.15, 0.2) is 22.6 Å². The summed E-state index contributed by atoms with van der Waals surface area (Å²) in [7, 11) is 0. The summed E-state index contributed by atoms with van der Waals surface area (Å²) in [6.45, 7) is 0.956. The van der Waals surface area contributed by atoms with Crippen LogP contribution in [0.25, 0.3) is 11.1 Å². The van der Waals surface area contributed by atoms with Crippen LogP contribution in [0.3, 0.4) is 0 Å². The van der Waals surface area contributed by atoms with Crippen molar-refractivity contribution in [2.75, 3.05) is 18.5 Å². The van der Waals surface area contributed by atoms with Crippen molar-refractivity contribution in [3.8, 4) is 0 Å². The fraction of sp³-hybridized carbons (Fsp3) is 0.462. The SMILES string of the molecule is O=[N+]([O-])c1ccc2nc(NCCCCCCO)oc2c1. The van der Waals surface area contributed by atoms with Crippen LogP contribution in [0.5, 0.6) is 0 Å². The van der Waals surface area contributed by atoms with E-state index < -0.39 is 4.92 Å². The Kier molecular flexibility index (Phi) is 4.89. The van der Waals surface area contributed by atoms with Crippen molar-refractivity contribution in [1.29, 1.82) is 0 Å². The minimum Gasteiger partial charge on any atom is -0.423 e. The van der Waals surface area contributed by atoms with Crippen molar-refractivity contribution in [1.82, 2.24) is 4.98 Å². The molecule has 0 spiro atoms. The molecule has 0 aliphatic carbocycles. The number of nitro groups is 1. The summed E-state index contributed by atoms with van der Waals surface area (Å²) < 4.78 is 5.42. The Morgan fingerprint density at radius 1 is 1.30 bits per heavy atom. The van der Waals surface area contributed by atoms with Gasteiger partial charge in [0.1, 0.15) is 5.52 Å². The molecule has 1 heterocycles. The van der Waals surface area contributed by atoms with Gasteiger partial charge in [0.2, 0.25) is 0 Å². The molecular formula is C13H17N3O4. The lowest BCUT2D eigenvalue weighted by Gasteiger charge is -2.00. The number of aliphatic hydroxyl groups excluding tert-OH is 1. The van der Waals surface area contributed by atoms with Crippen LogP contribution in [0, 0.1) is 10.1 Å². The Bertz CT molecular complexity index is 582. The molecule has 1 aromatic carbocycles. The molecule has 0 saturated heterocycles. The topological polar surface area (TPSA) is 101 Å². The van der Waals surface area contributed by atoms with E-state index in [4.69, 9.17) is 9.52 Å². The molecule has 0 fully saturated rings. The van der Waals surface area contributed by atoms with Gasteiger partial charge in [0.15, 0.2) is 5.58 Å². The number of fused-ring (bicyclic) bond motifs is 1. The molecule has 2 aromatic rings. The van der Waals surface area contributed by atoms with Gasteiger partial charge in [-0.2, -0.15) is 4.98 Å². The van der Waals surface area contributed by atoms with Crippen LogP contribution in [0.4, 0.5) is 11.7 Å². The van der Waals surface area contributed by atoms with Gasteiger partial charge >= 0.3 is 0 Å². The first kappa shape index (κ1) is 14.3. The molecule has 0 unspecified atom stereocenters. The third-order valence-corrected chi connectivity index (χ3v) is 2.94. The normalized spacial score (nSPS) is 10.8. The number of rotatable bonds is 8. The van der Waals surface area contributed by atoms with Gasteiger partial charge in [-0.3, -0.25) is 10.1 Å². The van der Waals surface area contributed by atoms with Gasteiger partial charge in [0, 0.05) is 19.2 Å². The predicted molar refractivity (Wildman–Crippen MR) is 74.7 cm³/mol. The van der Waals surface area contributed by atoms with Crippen LogP contribution in [-0.4, -0.2) is 28.2 Å². The Balaban J connectivity index is 1.89. The summed E-state index contributed by atoms with van der Waals surface area (Å²) in [5, 5.41) is 22.4. The number of aliphatic hydroxyl groups is 1. The Morgan fingerprint density at radius 2 is 2.10 bits per heavy atom. The minimum atomic E-state index is -0.462. The highest BCUT2D eigenvalue weighted by Crippen LogP contribution is 2.23.